The molecule has 0 bridgehead atoms. The molecular weight excluding hydrogens is 394 g/mol. The van der Waals surface area contributed by atoms with E-state index in [0.29, 0.717) is 6.54 Å². The zero-order chi connectivity index (χ0) is 21.3. The molecule has 30 heavy (non-hydrogen) atoms. The van der Waals surface area contributed by atoms with E-state index in [-0.39, 0.29) is 0 Å². The van der Waals surface area contributed by atoms with Crippen LogP contribution >= 0.6 is 12.2 Å². The molecular formula is C24H35N3O2S. The van der Waals surface area contributed by atoms with Crippen molar-refractivity contribution < 1.29 is 9.15 Å². The Labute approximate surface area is 186 Å². The van der Waals surface area contributed by atoms with Gasteiger partial charge in [-0.1, -0.05) is 32.0 Å². The molecule has 1 aromatic heterocycles. The Balaban J connectivity index is 1.69. The van der Waals surface area contributed by atoms with Crippen molar-refractivity contribution in [3.8, 4) is 0 Å². The number of hydrogen-bond donors (Lipinski definition) is 1. The van der Waals surface area contributed by atoms with Crippen LogP contribution in [0.1, 0.15) is 42.9 Å². The van der Waals surface area contributed by atoms with Gasteiger partial charge in [0.05, 0.1) is 19.8 Å². The number of para-hydroxylation sites is 1. The molecule has 164 valence electrons. The van der Waals surface area contributed by atoms with Crippen molar-refractivity contribution in [1.29, 1.82) is 0 Å². The number of ether oxygens (including phenoxy) is 1. The van der Waals surface area contributed by atoms with Crippen LogP contribution in [-0.2, 0) is 24.1 Å². The average Bonchev–Trinajstić information content (AvgIpc) is 3.18. The second-order valence-corrected chi connectivity index (χ2v) is 8.22. The van der Waals surface area contributed by atoms with Crippen molar-refractivity contribution in [3.63, 3.8) is 0 Å². The molecule has 0 atom stereocenters. The summed E-state index contributed by atoms with van der Waals surface area (Å²) in [5, 5.41) is 4.34. The molecule has 0 spiro atoms. The van der Waals surface area contributed by atoms with Gasteiger partial charge in [0.2, 0.25) is 0 Å². The van der Waals surface area contributed by atoms with Gasteiger partial charge in [0.15, 0.2) is 5.11 Å². The quantitative estimate of drug-likeness (QED) is 0.586. The summed E-state index contributed by atoms with van der Waals surface area (Å²) in [7, 11) is 0. The summed E-state index contributed by atoms with van der Waals surface area (Å²) in [5.41, 5.74) is 3.78. The second-order valence-electron chi connectivity index (χ2n) is 7.83. The Bertz CT molecular complexity index is 792. The highest BCUT2D eigenvalue weighted by atomic mass is 32.1. The molecule has 0 saturated carbocycles. The van der Waals surface area contributed by atoms with Crippen molar-refractivity contribution >= 4 is 23.0 Å². The lowest BCUT2D eigenvalue weighted by Crippen LogP contribution is -2.40. The number of benzene rings is 1. The third-order valence-electron chi connectivity index (χ3n) is 5.67. The van der Waals surface area contributed by atoms with Crippen LogP contribution in [-0.4, -0.2) is 54.3 Å². The van der Waals surface area contributed by atoms with Gasteiger partial charge < -0.3 is 19.4 Å². The molecule has 0 aliphatic carbocycles. The maximum absolute atomic E-state index is 5.89. The maximum atomic E-state index is 5.89. The number of aryl methyl sites for hydroxylation is 3. The molecule has 0 unspecified atom stereocenters. The van der Waals surface area contributed by atoms with Gasteiger partial charge >= 0.3 is 0 Å². The van der Waals surface area contributed by atoms with E-state index in [9.17, 15) is 0 Å². The Hall–Kier alpha value is -1.89. The first kappa shape index (κ1) is 22.8. The number of furan rings is 1. The number of anilines is 1. The SMILES string of the molecule is CCc1cccc(CC)c1NC(=S)N(CCCN1CCOCC1)Cc1ccc(C)o1. The highest BCUT2D eigenvalue weighted by Crippen LogP contribution is 2.23. The first-order chi connectivity index (χ1) is 14.6. The summed E-state index contributed by atoms with van der Waals surface area (Å²) >= 11 is 5.89. The van der Waals surface area contributed by atoms with Crippen molar-refractivity contribution in [2.24, 2.45) is 0 Å². The fraction of sp³-hybridized carbons (Fsp3) is 0.542. The number of morpholine rings is 1. The van der Waals surface area contributed by atoms with E-state index in [2.05, 4.69) is 47.2 Å². The van der Waals surface area contributed by atoms with E-state index in [1.54, 1.807) is 0 Å². The monoisotopic (exact) mass is 429 g/mol. The highest BCUT2D eigenvalue weighted by molar-refractivity contribution is 7.80. The maximum Gasteiger partial charge on any atom is 0.173 e. The Morgan fingerprint density at radius 1 is 1.10 bits per heavy atom. The molecule has 1 fully saturated rings. The van der Waals surface area contributed by atoms with Gasteiger partial charge in [0, 0.05) is 31.9 Å². The smallest absolute Gasteiger partial charge is 0.173 e. The van der Waals surface area contributed by atoms with Gasteiger partial charge in [-0.3, -0.25) is 4.90 Å². The van der Waals surface area contributed by atoms with Crippen LogP contribution in [0.15, 0.2) is 34.7 Å². The Morgan fingerprint density at radius 2 is 1.80 bits per heavy atom. The molecule has 1 N–H and O–H groups in total. The molecule has 2 heterocycles. The first-order valence-corrected chi connectivity index (χ1v) is 11.5. The van der Waals surface area contributed by atoms with E-state index in [4.69, 9.17) is 21.4 Å². The van der Waals surface area contributed by atoms with Gasteiger partial charge in [-0.15, -0.1) is 0 Å². The van der Waals surface area contributed by atoms with E-state index in [0.717, 1.165) is 75.3 Å². The van der Waals surface area contributed by atoms with Crippen LogP contribution in [0.4, 0.5) is 5.69 Å². The number of nitrogens with zero attached hydrogens (tertiary/aromatic N) is 2. The van der Waals surface area contributed by atoms with Gasteiger partial charge in [0.1, 0.15) is 11.5 Å². The number of rotatable bonds is 9. The van der Waals surface area contributed by atoms with Crippen LogP contribution in [0.5, 0.6) is 0 Å². The predicted octanol–water partition coefficient (Wildman–Crippen LogP) is 4.63. The van der Waals surface area contributed by atoms with Crippen LogP contribution in [0.3, 0.4) is 0 Å². The van der Waals surface area contributed by atoms with Crippen LogP contribution < -0.4 is 5.32 Å². The normalized spacial score (nSPS) is 14.6. The predicted molar refractivity (Wildman–Crippen MR) is 127 cm³/mol. The number of hydrogen-bond acceptors (Lipinski definition) is 4. The molecule has 1 aliphatic heterocycles. The lowest BCUT2D eigenvalue weighted by Gasteiger charge is -2.30. The van der Waals surface area contributed by atoms with E-state index >= 15 is 0 Å². The van der Waals surface area contributed by atoms with E-state index in [1.807, 2.05) is 19.1 Å². The van der Waals surface area contributed by atoms with Crippen molar-refractivity contribution in [3.05, 3.63) is 53.0 Å². The molecule has 0 radical (unpaired) electrons. The summed E-state index contributed by atoms with van der Waals surface area (Å²) in [5.74, 6) is 1.88. The Kier molecular flexibility index (Phi) is 8.73. The Morgan fingerprint density at radius 3 is 2.40 bits per heavy atom. The lowest BCUT2D eigenvalue weighted by atomic mass is 10.0. The van der Waals surface area contributed by atoms with Crippen LogP contribution in [0.2, 0.25) is 0 Å². The molecule has 0 amide bonds. The standard InChI is InChI=1S/C24H35N3O2S/c1-4-20-8-6-9-21(5-2)23(20)25-24(30)27(18-22-11-10-19(3)29-22)13-7-12-26-14-16-28-17-15-26/h6,8-11H,4-5,7,12-18H2,1-3H3,(H,25,30). The number of thiocarbonyl (C=S) groups is 1. The topological polar surface area (TPSA) is 40.9 Å². The van der Waals surface area contributed by atoms with E-state index in [1.165, 1.54) is 16.8 Å². The largest absolute Gasteiger partial charge is 0.464 e. The molecule has 1 saturated heterocycles. The molecule has 1 aromatic carbocycles. The van der Waals surface area contributed by atoms with Crippen molar-refractivity contribution in [2.45, 2.75) is 46.6 Å². The van der Waals surface area contributed by atoms with Gasteiger partial charge in [-0.2, -0.15) is 0 Å². The minimum Gasteiger partial charge on any atom is -0.464 e. The molecule has 5 nitrogen and oxygen atoms in total. The van der Waals surface area contributed by atoms with Gasteiger partial charge in [0.25, 0.3) is 0 Å². The fourth-order valence-corrected chi connectivity index (χ4v) is 4.17. The zero-order valence-corrected chi connectivity index (χ0v) is 19.4. The van der Waals surface area contributed by atoms with Gasteiger partial charge in [-0.25, -0.2) is 0 Å². The molecule has 2 aromatic rings. The highest BCUT2D eigenvalue weighted by Gasteiger charge is 2.17. The lowest BCUT2D eigenvalue weighted by molar-refractivity contribution is 0.0367. The summed E-state index contributed by atoms with van der Waals surface area (Å²) in [6, 6.07) is 10.6. The summed E-state index contributed by atoms with van der Waals surface area (Å²) in [4.78, 5) is 4.71. The second kappa shape index (κ2) is 11.5. The molecule has 3 rings (SSSR count). The zero-order valence-electron chi connectivity index (χ0n) is 18.6. The minimum atomic E-state index is 0.679. The fourth-order valence-electron chi connectivity index (χ4n) is 3.91. The van der Waals surface area contributed by atoms with Crippen molar-refractivity contribution in [2.75, 3.05) is 44.7 Å². The average molecular weight is 430 g/mol. The number of nitrogens with one attached hydrogen (secondary N) is 1. The van der Waals surface area contributed by atoms with Gasteiger partial charge in [-0.05, 0) is 61.7 Å². The third-order valence-corrected chi connectivity index (χ3v) is 6.03. The van der Waals surface area contributed by atoms with Crippen LogP contribution in [0.25, 0.3) is 0 Å². The summed E-state index contributed by atoms with van der Waals surface area (Å²) < 4.78 is 11.3. The molecule has 6 heteroatoms. The third kappa shape index (κ3) is 6.30. The summed E-state index contributed by atoms with van der Waals surface area (Å²) in [6.45, 7) is 12.7. The first-order valence-electron chi connectivity index (χ1n) is 11.1. The molecule has 1 aliphatic rings. The van der Waals surface area contributed by atoms with E-state index < -0.39 is 0 Å². The summed E-state index contributed by atoms with van der Waals surface area (Å²) in [6.07, 6.45) is 3.01. The minimum absolute atomic E-state index is 0.679. The van der Waals surface area contributed by atoms with Crippen molar-refractivity contribution in [1.82, 2.24) is 9.80 Å². The van der Waals surface area contributed by atoms with Crippen LogP contribution in [0, 0.1) is 6.92 Å².